The van der Waals surface area contributed by atoms with Crippen LogP contribution in [-0.2, 0) is 18.9 Å². The number of benzene rings is 8. The first-order chi connectivity index (χ1) is 35.8. The molecular formula is C63H62N2O8. The summed E-state index contributed by atoms with van der Waals surface area (Å²) < 4.78 is 54.3. The lowest BCUT2D eigenvalue weighted by Gasteiger charge is -2.25. The predicted octanol–water partition coefficient (Wildman–Crippen LogP) is 14.5. The van der Waals surface area contributed by atoms with Gasteiger partial charge >= 0.3 is 0 Å². The van der Waals surface area contributed by atoms with Crippen LogP contribution in [0.3, 0.4) is 0 Å². The van der Waals surface area contributed by atoms with Gasteiger partial charge in [0.05, 0.1) is 72.1 Å². The standard InChI is InChI=1S/C63H62N2O8/c1-42-35-52(62(70-40-68-33-31-66-5)58(37-42)64-54-25-13-7-19-46(54)47-20-8-14-26-55(47)64)50-23-11-17-29-60(50)72-44(3)39-45(4)73-61-30-18-12-24-51(61)53-36-43(2)38-59(63(53)71-41-69-34-32-67-6)65-56-27-15-9-21-48(56)49-22-10-16-28-57(49)65/h7-30,35-38,44-45H,31-34,39-41H2,1-6H3. The molecule has 10 heteroatoms. The maximum absolute atomic E-state index is 6.95. The second-order valence-corrected chi connectivity index (χ2v) is 18.5. The third-order valence-corrected chi connectivity index (χ3v) is 13.2. The average Bonchev–Trinajstić information content (AvgIpc) is 3.92. The van der Waals surface area contributed by atoms with Gasteiger partial charge in [0.25, 0.3) is 0 Å². The van der Waals surface area contributed by atoms with Gasteiger partial charge in [-0.2, -0.15) is 0 Å². The summed E-state index contributed by atoms with van der Waals surface area (Å²) in [4.78, 5) is 0. The van der Waals surface area contributed by atoms with E-state index in [4.69, 9.17) is 37.9 Å². The lowest BCUT2D eigenvalue weighted by Crippen LogP contribution is -2.23. The minimum absolute atomic E-state index is 0.0408. The fourth-order valence-corrected chi connectivity index (χ4v) is 10.1. The second-order valence-electron chi connectivity index (χ2n) is 18.5. The highest BCUT2D eigenvalue weighted by atomic mass is 16.7. The molecule has 0 aliphatic rings. The van der Waals surface area contributed by atoms with Gasteiger partial charge in [0.15, 0.2) is 25.1 Å². The van der Waals surface area contributed by atoms with E-state index in [0.29, 0.717) is 44.3 Å². The number of aryl methyl sites for hydroxylation is 2. The number of aromatic nitrogens is 2. The molecule has 10 aromatic rings. The molecule has 0 saturated heterocycles. The zero-order chi connectivity index (χ0) is 50.3. The number of hydrogen-bond acceptors (Lipinski definition) is 8. The molecule has 0 fully saturated rings. The number of para-hydroxylation sites is 6. The van der Waals surface area contributed by atoms with E-state index < -0.39 is 0 Å². The molecule has 2 unspecified atom stereocenters. The maximum Gasteiger partial charge on any atom is 0.189 e. The van der Waals surface area contributed by atoms with Crippen molar-refractivity contribution < 1.29 is 37.9 Å². The van der Waals surface area contributed by atoms with Crippen molar-refractivity contribution in [2.24, 2.45) is 0 Å². The van der Waals surface area contributed by atoms with Crippen molar-refractivity contribution in [3.63, 3.8) is 0 Å². The van der Waals surface area contributed by atoms with E-state index in [1.54, 1.807) is 14.2 Å². The van der Waals surface area contributed by atoms with Gasteiger partial charge in [0.1, 0.15) is 11.5 Å². The minimum atomic E-state index is -0.240. The fourth-order valence-electron chi connectivity index (χ4n) is 10.1. The van der Waals surface area contributed by atoms with Crippen LogP contribution < -0.4 is 18.9 Å². The first-order valence-electron chi connectivity index (χ1n) is 25.0. The Kier molecular flexibility index (Phi) is 15.1. The molecule has 372 valence electrons. The van der Waals surface area contributed by atoms with Crippen molar-refractivity contribution >= 4 is 43.6 Å². The van der Waals surface area contributed by atoms with Crippen LogP contribution in [0.5, 0.6) is 23.0 Å². The Balaban J connectivity index is 0.966. The number of fused-ring (bicyclic) bond motifs is 6. The molecule has 73 heavy (non-hydrogen) atoms. The molecular weight excluding hydrogens is 913 g/mol. The van der Waals surface area contributed by atoms with Crippen LogP contribution in [0.4, 0.5) is 0 Å². The van der Waals surface area contributed by atoms with Crippen LogP contribution in [0.25, 0.3) is 77.2 Å². The van der Waals surface area contributed by atoms with Crippen LogP contribution in [0.1, 0.15) is 31.4 Å². The zero-order valence-corrected chi connectivity index (χ0v) is 42.4. The molecule has 0 saturated carbocycles. The van der Waals surface area contributed by atoms with E-state index >= 15 is 0 Å². The first kappa shape index (κ1) is 49.0. The van der Waals surface area contributed by atoms with Crippen molar-refractivity contribution in [3.8, 4) is 56.6 Å². The summed E-state index contributed by atoms with van der Waals surface area (Å²) in [5.41, 5.74) is 11.9. The summed E-state index contributed by atoms with van der Waals surface area (Å²) in [7, 11) is 3.33. The molecule has 10 rings (SSSR count). The van der Waals surface area contributed by atoms with E-state index in [0.717, 1.165) is 78.3 Å². The van der Waals surface area contributed by atoms with Crippen molar-refractivity contribution in [2.75, 3.05) is 54.2 Å². The Morgan fingerprint density at radius 2 is 0.740 bits per heavy atom. The quantitative estimate of drug-likeness (QED) is 0.0491. The highest BCUT2D eigenvalue weighted by Gasteiger charge is 2.25. The third-order valence-electron chi connectivity index (χ3n) is 13.2. The summed E-state index contributed by atoms with van der Waals surface area (Å²) in [6, 6.07) is 59.1. The van der Waals surface area contributed by atoms with Crippen LogP contribution in [0.2, 0.25) is 0 Å². The Morgan fingerprint density at radius 1 is 0.397 bits per heavy atom. The number of rotatable bonds is 22. The summed E-state index contributed by atoms with van der Waals surface area (Å²) in [6.07, 6.45) is 0.114. The first-order valence-corrected chi connectivity index (χ1v) is 25.0. The molecule has 0 aliphatic carbocycles. The molecule has 0 bridgehead atoms. The van der Waals surface area contributed by atoms with Gasteiger partial charge in [-0.1, -0.05) is 109 Å². The van der Waals surface area contributed by atoms with Crippen molar-refractivity contribution in [1.82, 2.24) is 9.13 Å². The van der Waals surface area contributed by atoms with Crippen LogP contribution in [0.15, 0.2) is 170 Å². The Hall–Kier alpha value is -7.60. The van der Waals surface area contributed by atoms with Crippen molar-refractivity contribution in [3.05, 3.63) is 181 Å². The van der Waals surface area contributed by atoms with Gasteiger partial charge in [-0.25, -0.2) is 0 Å². The van der Waals surface area contributed by atoms with Gasteiger partial charge in [-0.05, 0) is 99.5 Å². The van der Waals surface area contributed by atoms with Crippen molar-refractivity contribution in [2.45, 2.75) is 46.3 Å². The smallest absolute Gasteiger partial charge is 0.189 e. The van der Waals surface area contributed by atoms with Crippen LogP contribution in [-0.4, -0.2) is 75.6 Å². The minimum Gasteiger partial charge on any atom is -0.490 e. The molecule has 0 N–H and O–H groups in total. The van der Waals surface area contributed by atoms with Gasteiger partial charge in [-0.3, -0.25) is 0 Å². The summed E-state index contributed by atoms with van der Waals surface area (Å²) in [5, 5.41) is 4.67. The lowest BCUT2D eigenvalue weighted by atomic mass is 9.99. The molecule has 0 amide bonds. The van der Waals surface area contributed by atoms with Crippen molar-refractivity contribution in [1.29, 1.82) is 0 Å². The SMILES string of the molecule is COCCOCOc1c(-c2ccccc2OC(C)CC(C)Oc2ccccc2-c2cc(C)cc(-n3c4ccccc4c4ccccc43)c2OCOCCOC)cc(C)cc1-n1c2ccccc2c2ccccc21. The predicted molar refractivity (Wildman–Crippen MR) is 293 cm³/mol. The largest absolute Gasteiger partial charge is 0.490 e. The van der Waals surface area contributed by atoms with E-state index in [2.05, 4.69) is 170 Å². The Bertz CT molecular complexity index is 3180. The number of nitrogens with zero attached hydrogens (tertiary/aromatic N) is 2. The highest BCUT2D eigenvalue weighted by molar-refractivity contribution is 6.10. The average molecular weight is 975 g/mol. The topological polar surface area (TPSA) is 83.7 Å². The monoisotopic (exact) mass is 974 g/mol. The molecule has 0 aliphatic heterocycles. The number of ether oxygens (including phenoxy) is 8. The molecule has 8 aromatic carbocycles. The summed E-state index contributed by atoms with van der Waals surface area (Å²) in [5.74, 6) is 2.85. The lowest BCUT2D eigenvalue weighted by molar-refractivity contribution is -0.00830. The molecule has 2 atom stereocenters. The molecule has 10 nitrogen and oxygen atoms in total. The number of methoxy groups -OCH3 is 2. The Labute approximate surface area is 427 Å². The van der Waals surface area contributed by atoms with E-state index in [9.17, 15) is 0 Å². The maximum atomic E-state index is 6.95. The van der Waals surface area contributed by atoms with Gasteiger partial charge < -0.3 is 47.0 Å². The number of hydrogen-bond donors (Lipinski definition) is 0. The van der Waals surface area contributed by atoms with Gasteiger partial charge in [0.2, 0.25) is 0 Å². The summed E-state index contributed by atoms with van der Waals surface area (Å²) in [6.45, 7) is 10.2. The Morgan fingerprint density at radius 3 is 1.11 bits per heavy atom. The van der Waals surface area contributed by atoms with E-state index in [1.165, 1.54) is 21.5 Å². The fraction of sp³-hybridized carbons (Fsp3) is 0.238. The molecule has 2 aromatic heterocycles. The normalized spacial score (nSPS) is 12.5. The zero-order valence-electron chi connectivity index (χ0n) is 42.4. The van der Waals surface area contributed by atoms with Crippen LogP contribution in [0, 0.1) is 13.8 Å². The molecule has 2 heterocycles. The highest BCUT2D eigenvalue weighted by Crippen LogP contribution is 2.46. The third kappa shape index (κ3) is 10.3. The van der Waals surface area contributed by atoms with Crippen LogP contribution >= 0.6 is 0 Å². The second kappa shape index (κ2) is 22.4. The molecule has 0 spiro atoms. The van der Waals surface area contributed by atoms with Gasteiger partial charge in [0, 0.05) is 64.4 Å². The van der Waals surface area contributed by atoms with Gasteiger partial charge in [-0.15, -0.1) is 0 Å². The van der Waals surface area contributed by atoms with E-state index in [1.807, 2.05) is 36.4 Å². The summed E-state index contributed by atoms with van der Waals surface area (Å²) >= 11 is 0. The van der Waals surface area contributed by atoms with E-state index in [-0.39, 0.29) is 25.8 Å². The molecule has 0 radical (unpaired) electrons.